The molecule has 0 fully saturated rings. The molecule has 2 atom stereocenters. The van der Waals surface area contributed by atoms with Crippen LogP contribution in [0, 0.1) is 18.6 Å². The Balaban J connectivity index is 0.00000193. The van der Waals surface area contributed by atoms with Crippen molar-refractivity contribution in [1.29, 1.82) is 0 Å². The third kappa shape index (κ3) is 6.31. The van der Waals surface area contributed by atoms with Gasteiger partial charge in [-0.25, -0.2) is 13.8 Å². The van der Waals surface area contributed by atoms with Crippen molar-refractivity contribution < 1.29 is 13.6 Å². The van der Waals surface area contributed by atoms with Crippen LogP contribution in [0.5, 0.6) is 0 Å². The molecule has 0 spiro atoms. The number of benzene rings is 2. The van der Waals surface area contributed by atoms with Gasteiger partial charge in [0.1, 0.15) is 5.82 Å². The molecule has 0 aliphatic carbocycles. The third-order valence-corrected chi connectivity index (χ3v) is 5.84. The molecule has 178 valence electrons. The van der Waals surface area contributed by atoms with Crippen LogP contribution >= 0.6 is 24.8 Å². The molecule has 2 N–H and O–H groups in total. The van der Waals surface area contributed by atoms with Crippen molar-refractivity contribution in [1.82, 2.24) is 14.5 Å². The van der Waals surface area contributed by atoms with E-state index in [0.29, 0.717) is 25.1 Å². The molecule has 4 rings (SSSR count). The van der Waals surface area contributed by atoms with Crippen LogP contribution in [0.1, 0.15) is 29.1 Å². The number of hydrogen-bond donors (Lipinski definition) is 1. The molecule has 1 aliphatic rings. The van der Waals surface area contributed by atoms with E-state index in [4.69, 9.17) is 5.73 Å². The van der Waals surface area contributed by atoms with E-state index in [9.17, 15) is 13.6 Å². The zero-order valence-electron chi connectivity index (χ0n) is 18.3. The van der Waals surface area contributed by atoms with Gasteiger partial charge in [0.25, 0.3) is 0 Å². The van der Waals surface area contributed by atoms with E-state index in [1.54, 1.807) is 0 Å². The Bertz CT molecular complexity index is 1080. The van der Waals surface area contributed by atoms with Crippen LogP contribution in [0.25, 0.3) is 0 Å². The first-order valence-corrected chi connectivity index (χ1v) is 10.4. The average molecular weight is 497 g/mol. The standard InChI is InChI=1S/C24H26F2N4O.2ClH/c1-16-13-28-23-15-30(20(14-29(16)23)10-17-5-3-2-4-6-17)24(31)12-19(27)9-18-7-8-21(25)22(26)11-18;;/h2-8,11,13,19-20H,9-10,12,14-15,27H2,1H3;2*1H/t19-,20?;;/m1../s1. The summed E-state index contributed by atoms with van der Waals surface area (Å²) in [4.78, 5) is 19.5. The molecule has 33 heavy (non-hydrogen) atoms. The second kappa shape index (κ2) is 11.6. The van der Waals surface area contributed by atoms with Gasteiger partial charge in [-0.2, -0.15) is 0 Å². The average Bonchev–Trinajstić information content (AvgIpc) is 3.11. The normalized spacial score (nSPS) is 15.8. The number of amides is 1. The molecule has 1 aromatic heterocycles. The molecule has 2 aromatic carbocycles. The number of imidazole rings is 1. The summed E-state index contributed by atoms with van der Waals surface area (Å²) in [6.07, 6.45) is 3.00. The zero-order chi connectivity index (χ0) is 22.0. The van der Waals surface area contributed by atoms with Crippen LogP contribution in [0.2, 0.25) is 0 Å². The number of hydrogen-bond acceptors (Lipinski definition) is 3. The number of halogens is 4. The summed E-state index contributed by atoms with van der Waals surface area (Å²) >= 11 is 0. The van der Waals surface area contributed by atoms with E-state index in [1.165, 1.54) is 6.07 Å². The number of nitrogens with zero attached hydrogens (tertiary/aromatic N) is 3. The van der Waals surface area contributed by atoms with Gasteiger partial charge in [-0.3, -0.25) is 4.79 Å². The van der Waals surface area contributed by atoms with Crippen LogP contribution in [0.15, 0.2) is 54.7 Å². The van der Waals surface area contributed by atoms with Gasteiger partial charge in [0.05, 0.1) is 12.6 Å². The molecule has 0 saturated carbocycles. The number of aryl methyl sites for hydroxylation is 1. The number of fused-ring (bicyclic) bond motifs is 1. The van der Waals surface area contributed by atoms with Gasteiger partial charge in [-0.1, -0.05) is 36.4 Å². The van der Waals surface area contributed by atoms with Gasteiger partial charge >= 0.3 is 0 Å². The predicted octanol–water partition coefficient (Wildman–Crippen LogP) is 4.23. The van der Waals surface area contributed by atoms with Gasteiger partial charge in [-0.05, 0) is 43.0 Å². The van der Waals surface area contributed by atoms with Crippen LogP contribution < -0.4 is 5.73 Å². The summed E-state index contributed by atoms with van der Waals surface area (Å²) in [6.45, 7) is 3.13. The van der Waals surface area contributed by atoms with Crippen molar-refractivity contribution in [2.24, 2.45) is 5.73 Å². The van der Waals surface area contributed by atoms with E-state index >= 15 is 0 Å². The maximum atomic E-state index is 13.5. The summed E-state index contributed by atoms with van der Waals surface area (Å²) in [5.74, 6) is -0.985. The van der Waals surface area contributed by atoms with Crippen LogP contribution in [-0.2, 0) is 30.7 Å². The summed E-state index contributed by atoms with van der Waals surface area (Å²) in [5.41, 5.74) is 9.03. The topological polar surface area (TPSA) is 64.2 Å². The highest BCUT2D eigenvalue weighted by Gasteiger charge is 2.32. The van der Waals surface area contributed by atoms with Gasteiger partial charge in [-0.15, -0.1) is 24.8 Å². The lowest BCUT2D eigenvalue weighted by molar-refractivity contribution is -0.136. The van der Waals surface area contributed by atoms with E-state index in [0.717, 1.165) is 35.6 Å². The van der Waals surface area contributed by atoms with E-state index in [2.05, 4.69) is 21.7 Å². The molecule has 0 bridgehead atoms. The molecule has 1 amide bonds. The maximum Gasteiger partial charge on any atom is 0.224 e. The minimum absolute atomic E-state index is 0. The highest BCUT2D eigenvalue weighted by Crippen LogP contribution is 2.23. The van der Waals surface area contributed by atoms with Crippen molar-refractivity contribution in [2.75, 3.05) is 0 Å². The number of rotatable bonds is 6. The molecule has 3 aromatic rings. The largest absolute Gasteiger partial charge is 0.330 e. The van der Waals surface area contributed by atoms with Gasteiger partial charge < -0.3 is 15.2 Å². The first-order valence-electron chi connectivity index (χ1n) is 10.4. The van der Waals surface area contributed by atoms with Crippen LogP contribution in [0.4, 0.5) is 8.78 Å². The quantitative estimate of drug-likeness (QED) is 0.555. The molecular weight excluding hydrogens is 469 g/mol. The second-order valence-corrected chi connectivity index (χ2v) is 8.21. The van der Waals surface area contributed by atoms with Crippen LogP contribution in [-0.4, -0.2) is 32.4 Å². The minimum Gasteiger partial charge on any atom is -0.330 e. The number of carbonyl (C=O) groups excluding carboxylic acids is 1. The number of aromatic nitrogens is 2. The summed E-state index contributed by atoms with van der Waals surface area (Å²) in [7, 11) is 0. The van der Waals surface area contributed by atoms with Gasteiger partial charge in [0, 0.05) is 30.9 Å². The first kappa shape index (κ1) is 26.8. The highest BCUT2D eigenvalue weighted by molar-refractivity contribution is 5.85. The Morgan fingerprint density at radius 3 is 2.55 bits per heavy atom. The third-order valence-electron chi connectivity index (χ3n) is 5.84. The smallest absolute Gasteiger partial charge is 0.224 e. The Morgan fingerprint density at radius 1 is 1.12 bits per heavy atom. The summed E-state index contributed by atoms with van der Waals surface area (Å²) in [5, 5.41) is 0. The van der Waals surface area contributed by atoms with Crippen molar-refractivity contribution in [3.05, 3.63) is 89.0 Å². The second-order valence-electron chi connectivity index (χ2n) is 8.21. The van der Waals surface area contributed by atoms with Crippen LogP contribution in [0.3, 0.4) is 0 Å². The molecular formula is C24H28Cl2F2N4O. The molecule has 5 nitrogen and oxygen atoms in total. The zero-order valence-corrected chi connectivity index (χ0v) is 19.9. The number of carbonyl (C=O) groups is 1. The fraction of sp³-hybridized carbons (Fsp3) is 0.333. The van der Waals surface area contributed by atoms with E-state index in [1.807, 2.05) is 36.2 Å². The SMILES string of the molecule is Cc1cnc2n1CC(Cc1ccccc1)N(C(=O)C[C@H](N)Cc1ccc(F)c(F)c1)C2.Cl.Cl. The predicted molar refractivity (Wildman–Crippen MR) is 129 cm³/mol. The molecule has 1 unspecified atom stereocenters. The van der Waals surface area contributed by atoms with Gasteiger partial charge in [0.15, 0.2) is 11.6 Å². The lowest BCUT2D eigenvalue weighted by atomic mass is 10.00. The van der Waals surface area contributed by atoms with E-state index < -0.39 is 17.7 Å². The summed E-state index contributed by atoms with van der Waals surface area (Å²) in [6, 6.07) is 13.3. The fourth-order valence-corrected chi connectivity index (χ4v) is 4.21. The molecule has 0 saturated heterocycles. The molecule has 0 radical (unpaired) electrons. The minimum atomic E-state index is -0.905. The number of nitrogens with two attached hydrogens (primary N) is 1. The Hall–Kier alpha value is -2.48. The highest BCUT2D eigenvalue weighted by atomic mass is 35.5. The van der Waals surface area contributed by atoms with Crippen molar-refractivity contribution in [3.63, 3.8) is 0 Å². The Morgan fingerprint density at radius 2 is 1.85 bits per heavy atom. The maximum absolute atomic E-state index is 13.5. The van der Waals surface area contributed by atoms with Crippen molar-refractivity contribution >= 4 is 30.7 Å². The Kier molecular flexibility index (Phi) is 9.40. The fourth-order valence-electron chi connectivity index (χ4n) is 4.21. The van der Waals surface area contributed by atoms with Crippen molar-refractivity contribution in [3.8, 4) is 0 Å². The monoisotopic (exact) mass is 496 g/mol. The Labute approximate surface area is 204 Å². The molecule has 9 heteroatoms. The van der Waals surface area contributed by atoms with Gasteiger partial charge in [0.2, 0.25) is 5.91 Å². The first-order chi connectivity index (χ1) is 14.9. The van der Waals surface area contributed by atoms with Crippen molar-refractivity contribution in [2.45, 2.75) is 51.4 Å². The lowest BCUT2D eigenvalue weighted by Crippen LogP contribution is -2.49. The lowest BCUT2D eigenvalue weighted by Gasteiger charge is -2.37. The van der Waals surface area contributed by atoms with E-state index in [-0.39, 0.29) is 43.2 Å². The molecule has 2 heterocycles. The molecule has 1 aliphatic heterocycles. The summed E-state index contributed by atoms with van der Waals surface area (Å²) < 4.78 is 28.8.